The average molecular weight is 1630 g/mol. The first-order valence-electron chi connectivity index (χ1n) is 38.3. The molecule has 14 fully saturated rings. The van der Waals surface area contributed by atoms with Gasteiger partial charge in [-0.05, 0) is 216 Å². The molecule has 14 aliphatic rings. The monoisotopic (exact) mass is 1630 g/mol. The van der Waals surface area contributed by atoms with Crippen LogP contribution in [0, 0.1) is 101 Å². The van der Waals surface area contributed by atoms with Gasteiger partial charge in [-0.15, -0.1) is 0 Å². The van der Waals surface area contributed by atoms with Gasteiger partial charge in [-0.25, -0.2) is 0 Å². The molecule has 0 aromatic heterocycles. The van der Waals surface area contributed by atoms with Crippen LogP contribution in [0.1, 0.15) is 234 Å². The number of carbonyl (C=O) groups is 4. The molecule has 4 heterocycles. The number of rotatable bonds is 14. The van der Waals surface area contributed by atoms with Crippen molar-refractivity contribution in [1.82, 2.24) is 0 Å². The molecule has 10 aliphatic carbocycles. The molecule has 601 valence electrons. The summed E-state index contributed by atoms with van der Waals surface area (Å²) in [6, 6.07) is 0. The van der Waals surface area contributed by atoms with Crippen molar-refractivity contribution < 1.29 is 165 Å². The van der Waals surface area contributed by atoms with E-state index in [2.05, 4.69) is 69.2 Å². The first-order valence-corrected chi connectivity index (χ1v) is 41.8. The predicted octanol–water partition coefficient (Wildman–Crippen LogP) is -1.20. The molecule has 0 amide bonds. The fraction of sp³-hybridized carbons (Fsp3) is 0.949. The van der Waals surface area contributed by atoms with Gasteiger partial charge in [-0.1, -0.05) is 76.7 Å². The topological polar surface area (TPSA) is 383 Å². The first-order chi connectivity index (χ1) is 47.6. The minimum Gasteiger partial charge on any atom is -0.457 e. The Bertz CT molecular complexity index is 3100. The molecule has 4 spiro atoms. The third-order valence-electron chi connectivity index (χ3n) is 31.1. The van der Waals surface area contributed by atoms with Crippen molar-refractivity contribution >= 4 is 31.9 Å². The molecule has 28 heteroatoms. The Kier molecular flexibility index (Phi) is 27.2. The molecule has 106 heavy (non-hydrogen) atoms. The fourth-order valence-corrected chi connectivity index (χ4v) is 26.6. The second-order valence-electron chi connectivity index (χ2n) is 37.5. The van der Waals surface area contributed by atoms with Crippen LogP contribution in [-0.2, 0) is 71.3 Å². The number of carbonyl (C=O) groups excluding carboxylic acids is 4. The van der Waals surface area contributed by atoms with Gasteiger partial charge in [0.05, 0.1) is 42.2 Å². The Hall–Kier alpha value is -0.685. The van der Waals surface area contributed by atoms with Crippen molar-refractivity contribution in [1.29, 1.82) is 0 Å². The van der Waals surface area contributed by atoms with E-state index in [1.165, 1.54) is 20.3 Å². The van der Waals surface area contributed by atoms with Gasteiger partial charge in [-0.3, -0.25) is 32.9 Å². The number of halogens is 1. The number of esters is 2. The van der Waals surface area contributed by atoms with Crippen molar-refractivity contribution in [2.45, 2.75) is 331 Å². The van der Waals surface area contributed by atoms with Crippen molar-refractivity contribution in [3.8, 4) is 0 Å². The second-order valence-corrected chi connectivity index (χ2v) is 39.7. The van der Waals surface area contributed by atoms with Gasteiger partial charge in [0.25, 0.3) is 6.48 Å². The zero-order chi connectivity index (χ0) is 76.1. The van der Waals surface area contributed by atoms with Gasteiger partial charge in [0.1, 0.15) is 50.6 Å². The maximum absolute atomic E-state index is 15.0. The Morgan fingerprint density at radius 1 is 0.604 bits per heavy atom. The number of ketones is 2. The summed E-state index contributed by atoms with van der Waals surface area (Å²) in [6.45, 7) is 32.3. The van der Waals surface area contributed by atoms with Crippen LogP contribution in [0.4, 0.5) is 0 Å². The average Bonchev–Trinajstić information content (AvgIpc) is 1.46. The molecular weight excluding hydrogens is 1500 g/mol. The van der Waals surface area contributed by atoms with Crippen molar-refractivity contribution in [3.05, 3.63) is 0 Å². The van der Waals surface area contributed by atoms with Crippen LogP contribution in [-0.4, -0.2) is 194 Å². The van der Waals surface area contributed by atoms with Crippen LogP contribution in [0.2, 0.25) is 0 Å². The molecule has 6 N–H and O–H groups in total. The summed E-state index contributed by atoms with van der Waals surface area (Å²) in [7, 11) is 3.19. The summed E-state index contributed by atoms with van der Waals surface area (Å²) < 4.78 is 98.6. The van der Waals surface area contributed by atoms with E-state index in [1.807, 2.05) is 0 Å². The van der Waals surface area contributed by atoms with Crippen molar-refractivity contribution in [2.75, 3.05) is 34.2 Å². The summed E-state index contributed by atoms with van der Waals surface area (Å²) >= 11 is -5.94. The maximum atomic E-state index is 15.0. The van der Waals surface area contributed by atoms with Crippen LogP contribution >= 0.6 is 0 Å². The number of hydrogen-bond acceptors (Lipinski definition) is 25. The number of Topliss-reactive ketones (excluding diaryl/α,β-unsaturated/α-hetero) is 2. The zero-order valence-electron chi connectivity index (χ0n) is 65.9. The molecule has 25 nitrogen and oxygen atoms in total. The van der Waals surface area contributed by atoms with E-state index in [4.69, 9.17) is 71.0 Å². The van der Waals surface area contributed by atoms with E-state index < -0.39 is 128 Å². The van der Waals surface area contributed by atoms with Crippen LogP contribution in [0.5, 0.6) is 0 Å². The molecule has 4 unspecified atom stereocenters. The van der Waals surface area contributed by atoms with Crippen molar-refractivity contribution in [2.24, 2.45) is 101 Å². The minimum absolute atomic E-state index is 0. The molecule has 0 aromatic rings. The van der Waals surface area contributed by atoms with Crippen LogP contribution in [0.15, 0.2) is 0 Å². The molecule has 4 saturated heterocycles. The van der Waals surface area contributed by atoms with E-state index in [9.17, 15) is 44.7 Å². The molecule has 10 saturated carbocycles. The maximum Gasteiger partial charge on any atom is 1.00 e. The Morgan fingerprint density at radius 3 is 1.38 bits per heavy atom. The number of fused-ring (bicyclic) bond motifs is 8. The SMILES string of the molecule is C.CC(=O)O[C@@H]([C@H]1C[C@@H](C)[C@H]2[C@H](O1)C(=O)[C@@]1(C)[C@@H]3CC[C@H]4C(C)(C)[C@@H](O[C@@H]5OCC(O)[C@H](O)[C@H]5O)CC[C@@]45CC35CC[C@]21C)C(C)(C)O.COCO[C@H](OC)O[C@H]1CC[C@]23CC24CC[C@]2(C)[C@H]5[C@H](C)C[C@H]([C@H](OC(C)=O)C(C)(C)O)O[C@@H]5C(=O)[C@@]2(C)[C@@H]4CC[C@H]3C1(C)C.OC1CCCO1.[B].[Na+].[O-][I+3]([O-])([O-])[O-]. The molecule has 30 atom stereocenters. The van der Waals surface area contributed by atoms with E-state index in [0.29, 0.717) is 30.6 Å². The molecule has 4 aliphatic heterocycles. The van der Waals surface area contributed by atoms with E-state index >= 15 is 0 Å². The van der Waals surface area contributed by atoms with Crippen molar-refractivity contribution in [3.63, 3.8) is 0 Å². The first kappa shape index (κ1) is 90.8. The van der Waals surface area contributed by atoms with Gasteiger partial charge in [-0.2, -0.15) is 0 Å². The van der Waals surface area contributed by atoms with Crippen LogP contribution < -0.4 is 63.4 Å². The normalized spacial score (nSPS) is 46.7. The number of ether oxygens (including phenoxy) is 11. The number of aliphatic hydroxyl groups is 6. The molecule has 14 rings (SSSR count). The summed E-state index contributed by atoms with van der Waals surface area (Å²) in [5.74, 6) is 1.51. The van der Waals surface area contributed by atoms with E-state index in [-0.39, 0.29) is 155 Å². The minimum atomic E-state index is -5.94. The van der Waals surface area contributed by atoms with Gasteiger partial charge in [0.2, 0.25) is 0 Å². The smallest absolute Gasteiger partial charge is 0.457 e. The van der Waals surface area contributed by atoms with Crippen LogP contribution in [0.3, 0.4) is 0 Å². The summed E-state index contributed by atoms with van der Waals surface area (Å²) in [4.78, 5) is 53.9. The standard InChI is InChI=1S/C37H58O10.C36H58O9.C4H8O2.CH4.B.IO4.Na/c1-18-15-21(30(33(5,6)43)45-19(2)38)46-28-25(18)34(7)13-14-37-17-36(37)12-11-24(47-31-27(41)26(40)20(39)16-44-31)32(3,4)22(36)9-10-23(37)35(34,8)29(28)42;1-20-17-22(29(32(5,6)39)43-21(2)37)44-27-26(20)33(7)15-16-36-18-35(36)14-13-25(45-30(41-10)42-19-40-9)31(3,4)23(35)11-12-24(36)34(33,8)28(27)38;5-4-2-1-3-6-4;;;2-1(3,4)5;/h18,20-28,30-31,39-41,43H,9-17H2,1-8H3;20,22-27,29-30,39H,11-19H2,1-10H3;4-5H,1-3H2;1H4;;;/q;;;;;-1;+1/t18-,20?,21-,22+,23+,24+,25+,26+,27-,28+,30+,31+,34-,35-,36-,37?;20-,22-,23+,24+,25+,26+,27+,29+,30+,33-,34-,35-,36?;;;;;/m11...../s1. The third kappa shape index (κ3) is 14.9. The Labute approximate surface area is 659 Å². The quantitative estimate of drug-likeness (QED) is 0.0391. The molecular formula is C78H128BINaO25. The number of methoxy groups -OCH3 is 2. The largest absolute Gasteiger partial charge is 1.00 e. The predicted molar refractivity (Wildman–Crippen MR) is 369 cm³/mol. The fourth-order valence-electron chi connectivity index (χ4n) is 26.6. The third-order valence-corrected chi connectivity index (χ3v) is 31.1. The Morgan fingerprint density at radius 2 is 1.01 bits per heavy atom. The summed E-state index contributed by atoms with van der Waals surface area (Å²) in [5.41, 5.74) is -3.68. The van der Waals surface area contributed by atoms with Gasteiger partial charge >= 0.3 is 41.5 Å². The van der Waals surface area contributed by atoms with Crippen LogP contribution in [0.25, 0.3) is 0 Å². The summed E-state index contributed by atoms with van der Waals surface area (Å²) in [5, 5.41) is 61.3. The molecule has 0 aromatic carbocycles. The Balaban J connectivity index is 0.000000228. The molecule has 3 radical (unpaired) electrons. The van der Waals surface area contributed by atoms with E-state index in [1.54, 1.807) is 41.9 Å². The zero-order valence-corrected chi connectivity index (χ0v) is 70.1. The number of hydrogen-bond donors (Lipinski definition) is 6. The summed E-state index contributed by atoms with van der Waals surface area (Å²) in [6.07, 6.45) is 8.35. The van der Waals surface area contributed by atoms with Gasteiger partial charge < -0.3 is 82.7 Å². The van der Waals surface area contributed by atoms with Gasteiger partial charge in [0.15, 0.2) is 43.1 Å². The number of aliphatic hydroxyl groups excluding tert-OH is 4. The van der Waals surface area contributed by atoms with Gasteiger partial charge in [0, 0.05) is 72.2 Å². The second kappa shape index (κ2) is 31.7. The molecule has 0 bridgehead atoms. The van der Waals surface area contributed by atoms with E-state index in [0.717, 1.165) is 103 Å².